The molecule has 2 saturated heterocycles. The van der Waals surface area contributed by atoms with Crippen LogP contribution in [0.2, 0.25) is 0 Å². The Morgan fingerprint density at radius 2 is 2.15 bits per heavy atom. The molecular weight excluding hydrogens is 270 g/mol. The number of carbonyl (C=O) groups excluding carboxylic acids is 1. The number of piperidine rings is 1. The molecule has 0 spiro atoms. The van der Waals surface area contributed by atoms with Crippen molar-refractivity contribution in [2.45, 2.75) is 58.0 Å². The highest BCUT2D eigenvalue weighted by Crippen LogP contribution is 2.33. The number of anilines is 1. The molecule has 1 aromatic rings. The molecule has 5 heteroatoms. The van der Waals surface area contributed by atoms with Crippen molar-refractivity contribution in [1.82, 2.24) is 10.3 Å². The van der Waals surface area contributed by atoms with Gasteiger partial charge in [-0.2, -0.15) is 0 Å². The van der Waals surface area contributed by atoms with Crippen LogP contribution in [-0.4, -0.2) is 29.5 Å². The third kappa shape index (κ3) is 2.88. The zero-order valence-corrected chi connectivity index (χ0v) is 13.1. The maximum atomic E-state index is 12.6. The highest BCUT2D eigenvalue weighted by Gasteiger charge is 2.35. The molecule has 4 nitrogen and oxygen atoms in total. The highest BCUT2D eigenvalue weighted by atomic mass is 32.1. The van der Waals surface area contributed by atoms with Gasteiger partial charge in [-0.1, -0.05) is 0 Å². The van der Waals surface area contributed by atoms with E-state index in [-0.39, 0.29) is 5.91 Å². The summed E-state index contributed by atoms with van der Waals surface area (Å²) in [5, 5.41) is 6.50. The summed E-state index contributed by atoms with van der Waals surface area (Å²) in [6.45, 7) is 4.72. The van der Waals surface area contributed by atoms with Gasteiger partial charge in [-0.25, -0.2) is 4.98 Å². The van der Waals surface area contributed by atoms with E-state index in [1.165, 1.54) is 12.8 Å². The van der Waals surface area contributed by atoms with Gasteiger partial charge in [0.25, 0.3) is 0 Å². The number of nitrogens with one attached hydrogen (secondary N) is 1. The minimum atomic E-state index is 0.244. The van der Waals surface area contributed by atoms with E-state index in [0.29, 0.717) is 31.0 Å². The molecule has 0 aromatic carbocycles. The molecule has 1 N–H and O–H groups in total. The van der Waals surface area contributed by atoms with Gasteiger partial charge in [0, 0.05) is 30.4 Å². The molecule has 1 aromatic heterocycles. The Balaban J connectivity index is 1.62. The number of thiazole rings is 1. The number of aryl methyl sites for hydroxylation is 1. The van der Waals surface area contributed by atoms with Gasteiger partial charge in [-0.15, -0.1) is 11.3 Å². The second-order valence-electron chi connectivity index (χ2n) is 6.09. The lowest BCUT2D eigenvalue weighted by atomic mass is 9.89. The van der Waals surface area contributed by atoms with Gasteiger partial charge in [0.2, 0.25) is 5.91 Å². The average Bonchev–Trinajstić information content (AvgIpc) is 2.97. The molecule has 0 saturated carbocycles. The second kappa shape index (κ2) is 5.82. The standard InChI is InChI=1S/C15H23N3OS/c1-3-18(15-16-10(2)9-20-15)14(19)8-11-6-12-4-5-13(7-11)17-12/h9,11-13,17H,3-8H2,1-2H3. The molecule has 20 heavy (non-hydrogen) atoms. The maximum Gasteiger partial charge on any atom is 0.229 e. The van der Waals surface area contributed by atoms with Crippen LogP contribution in [0, 0.1) is 12.8 Å². The zero-order valence-electron chi connectivity index (χ0n) is 12.3. The van der Waals surface area contributed by atoms with E-state index in [4.69, 9.17) is 0 Å². The van der Waals surface area contributed by atoms with Gasteiger partial charge in [-0.05, 0) is 45.4 Å². The van der Waals surface area contributed by atoms with Crippen molar-refractivity contribution in [3.8, 4) is 0 Å². The van der Waals surface area contributed by atoms with E-state index < -0.39 is 0 Å². The molecule has 2 aliphatic heterocycles. The predicted octanol–water partition coefficient (Wildman–Crippen LogP) is 2.73. The Labute approximate surface area is 124 Å². The number of rotatable bonds is 4. The molecule has 3 heterocycles. The average molecular weight is 293 g/mol. The number of aromatic nitrogens is 1. The van der Waals surface area contributed by atoms with Crippen molar-refractivity contribution in [2.24, 2.45) is 5.92 Å². The first-order valence-corrected chi connectivity index (χ1v) is 8.52. The van der Waals surface area contributed by atoms with Crippen molar-refractivity contribution in [1.29, 1.82) is 0 Å². The van der Waals surface area contributed by atoms with Gasteiger partial charge in [0.1, 0.15) is 0 Å². The van der Waals surface area contributed by atoms with Crippen LogP contribution < -0.4 is 10.2 Å². The maximum absolute atomic E-state index is 12.6. The fourth-order valence-corrected chi connectivity index (χ4v) is 4.47. The van der Waals surface area contributed by atoms with Crippen molar-refractivity contribution in [3.63, 3.8) is 0 Å². The summed E-state index contributed by atoms with van der Waals surface area (Å²) in [5.41, 5.74) is 0.996. The molecule has 0 radical (unpaired) electrons. The molecule has 2 atom stereocenters. The Bertz CT molecular complexity index is 475. The predicted molar refractivity (Wildman–Crippen MR) is 82.2 cm³/mol. The van der Waals surface area contributed by atoms with Crippen molar-refractivity contribution >= 4 is 22.4 Å². The number of amides is 1. The Morgan fingerprint density at radius 3 is 2.70 bits per heavy atom. The molecule has 1 amide bonds. The van der Waals surface area contributed by atoms with Gasteiger partial charge in [0.05, 0.1) is 5.69 Å². The first-order valence-electron chi connectivity index (χ1n) is 7.64. The fraction of sp³-hybridized carbons (Fsp3) is 0.733. The SMILES string of the molecule is CCN(C(=O)CC1CC2CCC(C1)N2)c1nc(C)cs1. The summed E-state index contributed by atoms with van der Waals surface area (Å²) in [5.74, 6) is 0.796. The summed E-state index contributed by atoms with van der Waals surface area (Å²) in [4.78, 5) is 18.9. The molecule has 3 rings (SSSR count). The molecule has 0 aliphatic carbocycles. The smallest absolute Gasteiger partial charge is 0.229 e. The number of hydrogen-bond donors (Lipinski definition) is 1. The zero-order chi connectivity index (χ0) is 14.1. The number of hydrogen-bond acceptors (Lipinski definition) is 4. The summed E-state index contributed by atoms with van der Waals surface area (Å²) >= 11 is 1.57. The van der Waals surface area contributed by atoms with Crippen LogP contribution >= 0.6 is 11.3 Å². The van der Waals surface area contributed by atoms with Gasteiger partial charge < -0.3 is 5.32 Å². The number of fused-ring (bicyclic) bond motifs is 2. The van der Waals surface area contributed by atoms with Crippen LogP contribution in [0.1, 0.15) is 44.7 Å². The largest absolute Gasteiger partial charge is 0.311 e. The van der Waals surface area contributed by atoms with E-state index in [1.54, 1.807) is 11.3 Å². The molecular formula is C15H23N3OS. The first-order chi connectivity index (χ1) is 9.65. The van der Waals surface area contributed by atoms with Crippen molar-refractivity contribution in [2.75, 3.05) is 11.4 Å². The Kier molecular flexibility index (Phi) is 4.08. The third-order valence-corrected chi connectivity index (χ3v) is 5.47. The van der Waals surface area contributed by atoms with E-state index in [2.05, 4.69) is 10.3 Å². The topological polar surface area (TPSA) is 45.2 Å². The van der Waals surface area contributed by atoms with Crippen LogP contribution in [0.4, 0.5) is 5.13 Å². The lowest BCUT2D eigenvalue weighted by Crippen LogP contribution is -2.40. The monoisotopic (exact) mass is 293 g/mol. The minimum absolute atomic E-state index is 0.244. The highest BCUT2D eigenvalue weighted by molar-refractivity contribution is 7.14. The van der Waals surface area contributed by atoms with Crippen LogP contribution in [0.15, 0.2) is 5.38 Å². The van der Waals surface area contributed by atoms with Crippen LogP contribution in [0.25, 0.3) is 0 Å². The lowest BCUT2D eigenvalue weighted by molar-refractivity contribution is -0.119. The third-order valence-electron chi connectivity index (χ3n) is 4.49. The molecule has 2 aliphatic rings. The molecule has 2 fully saturated rings. The van der Waals surface area contributed by atoms with Crippen LogP contribution in [0.5, 0.6) is 0 Å². The second-order valence-corrected chi connectivity index (χ2v) is 6.93. The Morgan fingerprint density at radius 1 is 1.45 bits per heavy atom. The quantitative estimate of drug-likeness (QED) is 0.928. The van der Waals surface area contributed by atoms with Gasteiger partial charge in [-0.3, -0.25) is 9.69 Å². The fourth-order valence-electron chi connectivity index (χ4n) is 3.58. The number of carbonyl (C=O) groups is 1. The minimum Gasteiger partial charge on any atom is -0.311 e. The molecule has 110 valence electrons. The summed E-state index contributed by atoms with van der Waals surface area (Å²) in [6, 6.07) is 1.31. The van der Waals surface area contributed by atoms with E-state index in [0.717, 1.165) is 23.7 Å². The van der Waals surface area contributed by atoms with Gasteiger partial charge >= 0.3 is 0 Å². The van der Waals surface area contributed by atoms with Crippen molar-refractivity contribution in [3.05, 3.63) is 11.1 Å². The van der Waals surface area contributed by atoms with E-state index >= 15 is 0 Å². The number of nitrogens with zero attached hydrogens (tertiary/aromatic N) is 2. The van der Waals surface area contributed by atoms with E-state index in [9.17, 15) is 4.79 Å². The lowest BCUT2D eigenvalue weighted by Gasteiger charge is -2.30. The first kappa shape index (κ1) is 14.0. The summed E-state index contributed by atoms with van der Waals surface area (Å²) in [6.07, 6.45) is 5.59. The van der Waals surface area contributed by atoms with Crippen LogP contribution in [0.3, 0.4) is 0 Å². The molecule has 2 unspecified atom stereocenters. The van der Waals surface area contributed by atoms with Crippen molar-refractivity contribution < 1.29 is 4.79 Å². The summed E-state index contributed by atoms with van der Waals surface area (Å²) < 4.78 is 0. The van der Waals surface area contributed by atoms with E-state index in [1.807, 2.05) is 24.1 Å². The normalized spacial score (nSPS) is 28.6. The Hall–Kier alpha value is -0.940. The van der Waals surface area contributed by atoms with Crippen LogP contribution in [-0.2, 0) is 4.79 Å². The summed E-state index contributed by atoms with van der Waals surface area (Å²) in [7, 11) is 0. The van der Waals surface area contributed by atoms with Gasteiger partial charge in [0.15, 0.2) is 5.13 Å². The molecule has 2 bridgehead atoms.